The number of anilines is 2. The van der Waals surface area contributed by atoms with Gasteiger partial charge in [-0.15, -0.1) is 0 Å². The standard InChI is InChI=1S/C51H37NO/c1-3-40(32-29-35(2)42-23-11-18-36-17-7-8-21-43(36)42)52(47-26-14-28-49-51(47)46-22-9-10-27-48(46)53-49)41-33-30-38(31-34-41)45-25-13-20-39-19-12-24-44(50(39)45)37-15-5-4-6-16-37/h3-34H,1H2,2H3/b35-29+,40-32+. The van der Waals surface area contributed by atoms with Gasteiger partial charge in [0.1, 0.15) is 11.2 Å². The topological polar surface area (TPSA) is 16.4 Å². The zero-order valence-corrected chi connectivity index (χ0v) is 29.5. The minimum Gasteiger partial charge on any atom is -0.456 e. The quantitative estimate of drug-likeness (QED) is 0.149. The van der Waals surface area contributed by atoms with Gasteiger partial charge in [-0.05, 0) is 104 Å². The maximum atomic E-state index is 6.37. The number of allylic oxidation sites excluding steroid dienone is 4. The van der Waals surface area contributed by atoms with Gasteiger partial charge in [0.05, 0.1) is 11.1 Å². The molecule has 1 aromatic heterocycles. The Balaban J connectivity index is 1.21. The molecule has 0 aliphatic rings. The molecule has 0 amide bonds. The lowest BCUT2D eigenvalue weighted by Gasteiger charge is -2.27. The molecular formula is C51H37NO. The Morgan fingerprint density at radius 1 is 0.509 bits per heavy atom. The zero-order chi connectivity index (χ0) is 35.7. The Labute approximate surface area is 309 Å². The van der Waals surface area contributed by atoms with Crippen LogP contribution in [0.3, 0.4) is 0 Å². The molecule has 2 heteroatoms. The Morgan fingerprint density at radius 3 is 1.89 bits per heavy atom. The van der Waals surface area contributed by atoms with Gasteiger partial charge in [0.15, 0.2) is 0 Å². The third kappa shape index (κ3) is 5.81. The van der Waals surface area contributed by atoms with E-state index in [4.69, 9.17) is 4.42 Å². The van der Waals surface area contributed by atoms with Crippen molar-refractivity contribution in [3.8, 4) is 22.3 Å². The molecule has 0 fully saturated rings. The Bertz CT molecular complexity index is 2840. The predicted octanol–water partition coefficient (Wildman–Crippen LogP) is 14.5. The van der Waals surface area contributed by atoms with Crippen molar-refractivity contribution < 1.29 is 4.42 Å². The highest BCUT2D eigenvalue weighted by Gasteiger charge is 2.20. The number of nitrogens with zero attached hydrogens (tertiary/aromatic N) is 1. The van der Waals surface area contributed by atoms with Gasteiger partial charge < -0.3 is 9.32 Å². The summed E-state index contributed by atoms with van der Waals surface area (Å²) in [5.74, 6) is 0. The minimum absolute atomic E-state index is 0.848. The van der Waals surface area contributed by atoms with Gasteiger partial charge >= 0.3 is 0 Å². The fourth-order valence-corrected chi connectivity index (χ4v) is 7.70. The third-order valence-electron chi connectivity index (χ3n) is 10.2. The van der Waals surface area contributed by atoms with Crippen LogP contribution in [-0.4, -0.2) is 0 Å². The van der Waals surface area contributed by atoms with E-state index in [0.717, 1.165) is 44.6 Å². The van der Waals surface area contributed by atoms with Crippen LogP contribution in [0.25, 0.3) is 71.3 Å². The van der Waals surface area contributed by atoms with E-state index < -0.39 is 0 Å². The second-order valence-corrected chi connectivity index (χ2v) is 13.4. The molecule has 1 heterocycles. The normalized spacial score (nSPS) is 12.2. The van der Waals surface area contributed by atoms with Crippen molar-refractivity contribution in [2.24, 2.45) is 0 Å². The van der Waals surface area contributed by atoms with Crippen molar-refractivity contribution in [1.82, 2.24) is 0 Å². The predicted molar refractivity (Wildman–Crippen MR) is 227 cm³/mol. The molecular weight excluding hydrogens is 643 g/mol. The van der Waals surface area contributed by atoms with E-state index in [0.29, 0.717) is 0 Å². The second kappa shape index (κ2) is 13.7. The van der Waals surface area contributed by atoms with Gasteiger partial charge in [0.2, 0.25) is 0 Å². The van der Waals surface area contributed by atoms with Gasteiger partial charge in [-0.25, -0.2) is 0 Å². The Hall–Kier alpha value is -6.90. The molecule has 0 spiro atoms. The lowest BCUT2D eigenvalue weighted by molar-refractivity contribution is 0.669. The number of benzene rings is 8. The summed E-state index contributed by atoms with van der Waals surface area (Å²) in [4.78, 5) is 2.30. The van der Waals surface area contributed by atoms with Crippen LogP contribution in [0.15, 0.2) is 211 Å². The fourth-order valence-electron chi connectivity index (χ4n) is 7.70. The highest BCUT2D eigenvalue weighted by molar-refractivity contribution is 6.13. The summed E-state index contributed by atoms with van der Waals surface area (Å²) < 4.78 is 6.37. The van der Waals surface area contributed by atoms with Crippen molar-refractivity contribution in [2.45, 2.75) is 6.92 Å². The number of hydrogen-bond donors (Lipinski definition) is 0. The number of furan rings is 1. The average molecular weight is 680 g/mol. The maximum absolute atomic E-state index is 6.37. The van der Waals surface area contributed by atoms with Crippen molar-refractivity contribution in [3.63, 3.8) is 0 Å². The molecule has 9 rings (SSSR count). The molecule has 0 aliphatic heterocycles. The van der Waals surface area contributed by atoms with Crippen LogP contribution in [0, 0.1) is 0 Å². The Morgan fingerprint density at radius 2 is 1.11 bits per heavy atom. The molecule has 53 heavy (non-hydrogen) atoms. The van der Waals surface area contributed by atoms with Gasteiger partial charge in [-0.2, -0.15) is 0 Å². The lowest BCUT2D eigenvalue weighted by Crippen LogP contribution is -2.15. The first kappa shape index (κ1) is 32.0. The number of rotatable bonds is 8. The first-order valence-corrected chi connectivity index (χ1v) is 18.0. The smallest absolute Gasteiger partial charge is 0.137 e. The van der Waals surface area contributed by atoms with E-state index in [1.54, 1.807) is 0 Å². The van der Waals surface area contributed by atoms with Crippen molar-refractivity contribution >= 4 is 60.4 Å². The maximum Gasteiger partial charge on any atom is 0.137 e. The van der Waals surface area contributed by atoms with Crippen LogP contribution in [0.2, 0.25) is 0 Å². The van der Waals surface area contributed by atoms with Crippen molar-refractivity contribution in [2.75, 3.05) is 4.90 Å². The number of para-hydroxylation sites is 1. The summed E-state index contributed by atoms with van der Waals surface area (Å²) in [7, 11) is 0. The van der Waals surface area contributed by atoms with Crippen molar-refractivity contribution in [1.29, 1.82) is 0 Å². The molecule has 252 valence electrons. The van der Waals surface area contributed by atoms with E-state index in [2.05, 4.69) is 188 Å². The molecule has 2 nitrogen and oxygen atoms in total. The van der Waals surface area contributed by atoms with Gasteiger partial charge in [-0.3, -0.25) is 0 Å². The molecule has 0 saturated carbocycles. The second-order valence-electron chi connectivity index (χ2n) is 13.4. The fraction of sp³-hybridized carbons (Fsp3) is 0.0196. The average Bonchev–Trinajstić information content (AvgIpc) is 3.61. The highest BCUT2D eigenvalue weighted by Crippen LogP contribution is 2.42. The first-order valence-electron chi connectivity index (χ1n) is 18.0. The largest absolute Gasteiger partial charge is 0.456 e. The third-order valence-corrected chi connectivity index (χ3v) is 10.2. The van der Waals surface area contributed by atoms with Crippen LogP contribution in [0.1, 0.15) is 12.5 Å². The van der Waals surface area contributed by atoms with Gasteiger partial charge in [-0.1, -0.05) is 158 Å². The van der Waals surface area contributed by atoms with E-state index in [-0.39, 0.29) is 0 Å². The summed E-state index contributed by atoms with van der Waals surface area (Å²) in [6.45, 7) is 6.52. The van der Waals surface area contributed by atoms with Crippen LogP contribution in [0.4, 0.5) is 11.4 Å². The van der Waals surface area contributed by atoms with E-state index in [1.807, 2.05) is 24.3 Å². The molecule has 0 atom stereocenters. The number of fused-ring (bicyclic) bond motifs is 5. The molecule has 9 aromatic rings. The zero-order valence-electron chi connectivity index (χ0n) is 29.5. The summed E-state index contributed by atoms with van der Waals surface area (Å²) in [5, 5.41) is 7.08. The molecule has 0 aliphatic carbocycles. The minimum atomic E-state index is 0.848. The van der Waals surface area contributed by atoms with Crippen LogP contribution in [-0.2, 0) is 0 Å². The van der Waals surface area contributed by atoms with Gasteiger partial charge in [0.25, 0.3) is 0 Å². The summed E-state index contributed by atoms with van der Waals surface area (Å²) in [5.41, 5.74) is 11.9. The lowest BCUT2D eigenvalue weighted by atomic mass is 9.91. The molecule has 0 bridgehead atoms. The SMILES string of the molecule is C=C/C(=C\C=C(/C)c1cccc2ccccc12)N(c1ccc(-c2cccc3cccc(-c4ccccc4)c23)cc1)c1cccc2oc3ccccc3c12. The molecule has 0 unspecified atom stereocenters. The summed E-state index contributed by atoms with van der Waals surface area (Å²) >= 11 is 0. The highest BCUT2D eigenvalue weighted by atomic mass is 16.3. The summed E-state index contributed by atoms with van der Waals surface area (Å²) in [6, 6.07) is 62.3. The first-order chi connectivity index (χ1) is 26.2. The molecule has 0 radical (unpaired) electrons. The number of hydrogen-bond acceptors (Lipinski definition) is 2. The molecule has 0 saturated heterocycles. The van der Waals surface area contributed by atoms with Crippen LogP contribution < -0.4 is 4.90 Å². The van der Waals surface area contributed by atoms with Gasteiger partial charge in [0, 0.05) is 16.8 Å². The Kier molecular flexibility index (Phi) is 8.26. The summed E-state index contributed by atoms with van der Waals surface area (Å²) in [6.07, 6.45) is 6.32. The van der Waals surface area contributed by atoms with Crippen molar-refractivity contribution in [3.05, 3.63) is 212 Å². The van der Waals surface area contributed by atoms with Crippen LogP contribution in [0.5, 0.6) is 0 Å². The van der Waals surface area contributed by atoms with E-state index in [9.17, 15) is 0 Å². The monoisotopic (exact) mass is 679 g/mol. The molecule has 8 aromatic carbocycles. The molecule has 0 N–H and O–H groups in total. The van der Waals surface area contributed by atoms with E-state index >= 15 is 0 Å². The van der Waals surface area contributed by atoms with E-state index in [1.165, 1.54) is 49.4 Å². The van der Waals surface area contributed by atoms with Crippen LogP contribution >= 0.6 is 0 Å².